The van der Waals surface area contributed by atoms with E-state index in [1.807, 2.05) is 12.4 Å². The zero-order chi connectivity index (χ0) is 12.4. The van der Waals surface area contributed by atoms with Crippen LogP contribution < -0.4 is 0 Å². The van der Waals surface area contributed by atoms with E-state index in [4.69, 9.17) is 0 Å². The van der Waals surface area contributed by atoms with Gasteiger partial charge in [0, 0.05) is 18.3 Å². The highest BCUT2D eigenvalue weighted by Crippen LogP contribution is 2.22. The molecule has 0 amide bonds. The van der Waals surface area contributed by atoms with Crippen LogP contribution in [0.2, 0.25) is 0 Å². The molecule has 1 aromatic carbocycles. The number of aromatic nitrogens is 2. The Morgan fingerprint density at radius 3 is 2.72 bits per heavy atom. The van der Waals surface area contributed by atoms with Crippen LogP contribution in [-0.2, 0) is 6.54 Å². The molecule has 0 unspecified atom stereocenters. The van der Waals surface area contributed by atoms with Crippen molar-refractivity contribution in [1.29, 1.82) is 0 Å². The van der Waals surface area contributed by atoms with E-state index in [1.165, 1.54) is 48.2 Å². The topological polar surface area (TPSA) is 31.9 Å². The monoisotopic (exact) mass is 241 g/mol. The number of nitrogens with zero attached hydrogens (tertiary/aromatic N) is 2. The van der Waals surface area contributed by atoms with E-state index >= 15 is 0 Å². The number of hydrogen-bond donors (Lipinski definition) is 1. The molecule has 3 heteroatoms. The fraction of sp³-hybridized carbons (Fsp3) is 0.400. The Morgan fingerprint density at radius 2 is 2.00 bits per heavy atom. The molecule has 2 aromatic rings. The molecule has 1 N–H and O–H groups in total. The summed E-state index contributed by atoms with van der Waals surface area (Å²) in [5.74, 6) is 0. The summed E-state index contributed by atoms with van der Waals surface area (Å²) < 4.78 is 0. The minimum absolute atomic E-state index is 1.08. The van der Waals surface area contributed by atoms with Gasteiger partial charge >= 0.3 is 0 Å². The van der Waals surface area contributed by atoms with Gasteiger partial charge < -0.3 is 0 Å². The van der Waals surface area contributed by atoms with Crippen molar-refractivity contribution in [1.82, 2.24) is 15.1 Å². The van der Waals surface area contributed by atoms with Crippen molar-refractivity contribution in [3.8, 4) is 11.1 Å². The third kappa shape index (κ3) is 2.46. The van der Waals surface area contributed by atoms with Crippen molar-refractivity contribution >= 4 is 0 Å². The van der Waals surface area contributed by atoms with Crippen molar-refractivity contribution in [3.05, 3.63) is 41.7 Å². The first-order valence-electron chi connectivity index (χ1n) is 6.63. The van der Waals surface area contributed by atoms with Crippen LogP contribution in [0.4, 0.5) is 0 Å². The number of aryl methyl sites for hydroxylation is 1. The van der Waals surface area contributed by atoms with Gasteiger partial charge in [0.2, 0.25) is 0 Å². The standard InChI is InChI=1S/C15H19N3/c1-12-6-13(11-18-4-2-3-5-18)8-14(7-12)15-9-16-17-10-15/h6-10H,2-5,11H2,1H3,(H,16,17). The summed E-state index contributed by atoms with van der Waals surface area (Å²) in [5.41, 5.74) is 5.16. The molecule has 1 aromatic heterocycles. The molecule has 1 aliphatic rings. The zero-order valence-corrected chi connectivity index (χ0v) is 10.8. The summed E-state index contributed by atoms with van der Waals surface area (Å²) in [7, 11) is 0. The summed E-state index contributed by atoms with van der Waals surface area (Å²) in [6.45, 7) is 5.73. The Labute approximate surface area is 108 Å². The predicted octanol–water partition coefficient (Wildman–Crippen LogP) is 2.98. The number of H-pyrrole nitrogens is 1. The Bertz CT molecular complexity index is 511. The lowest BCUT2D eigenvalue weighted by Gasteiger charge is -2.15. The Balaban J connectivity index is 1.86. The lowest BCUT2D eigenvalue weighted by molar-refractivity contribution is 0.331. The summed E-state index contributed by atoms with van der Waals surface area (Å²) in [4.78, 5) is 2.54. The third-order valence-electron chi connectivity index (χ3n) is 3.57. The van der Waals surface area contributed by atoms with Crippen molar-refractivity contribution in [2.24, 2.45) is 0 Å². The number of benzene rings is 1. The minimum atomic E-state index is 1.08. The molecule has 0 spiro atoms. The lowest BCUT2D eigenvalue weighted by atomic mass is 10.0. The average Bonchev–Trinajstić information content (AvgIpc) is 3.00. The van der Waals surface area contributed by atoms with E-state index in [1.54, 1.807) is 0 Å². The lowest BCUT2D eigenvalue weighted by Crippen LogP contribution is -2.18. The second-order valence-corrected chi connectivity index (χ2v) is 5.18. The molecule has 1 aliphatic heterocycles. The zero-order valence-electron chi connectivity index (χ0n) is 10.8. The van der Waals surface area contributed by atoms with Crippen LogP contribution in [-0.4, -0.2) is 28.2 Å². The quantitative estimate of drug-likeness (QED) is 0.896. The first-order chi connectivity index (χ1) is 8.81. The number of rotatable bonds is 3. The molecular weight excluding hydrogens is 222 g/mol. The van der Waals surface area contributed by atoms with Gasteiger partial charge in [-0.3, -0.25) is 10.00 Å². The fourth-order valence-electron chi connectivity index (χ4n) is 2.73. The van der Waals surface area contributed by atoms with Gasteiger partial charge in [0.05, 0.1) is 6.20 Å². The smallest absolute Gasteiger partial charge is 0.0565 e. The maximum atomic E-state index is 4.03. The fourth-order valence-corrected chi connectivity index (χ4v) is 2.73. The molecule has 0 radical (unpaired) electrons. The van der Waals surface area contributed by atoms with Crippen LogP contribution in [0.3, 0.4) is 0 Å². The highest BCUT2D eigenvalue weighted by atomic mass is 15.1. The average molecular weight is 241 g/mol. The van der Waals surface area contributed by atoms with Crippen LogP contribution >= 0.6 is 0 Å². The molecule has 2 heterocycles. The second-order valence-electron chi connectivity index (χ2n) is 5.18. The van der Waals surface area contributed by atoms with Crippen LogP contribution in [0.25, 0.3) is 11.1 Å². The van der Waals surface area contributed by atoms with Crippen LogP contribution in [0.1, 0.15) is 24.0 Å². The Morgan fingerprint density at radius 1 is 1.17 bits per heavy atom. The SMILES string of the molecule is Cc1cc(CN2CCCC2)cc(-c2cn[nH]c2)c1. The van der Waals surface area contributed by atoms with E-state index in [0.29, 0.717) is 0 Å². The van der Waals surface area contributed by atoms with Gasteiger partial charge in [-0.25, -0.2) is 0 Å². The number of aromatic amines is 1. The molecule has 0 aliphatic carbocycles. The minimum Gasteiger partial charge on any atom is -0.299 e. The summed E-state index contributed by atoms with van der Waals surface area (Å²) in [5, 5.41) is 6.91. The molecule has 3 nitrogen and oxygen atoms in total. The van der Waals surface area contributed by atoms with E-state index < -0.39 is 0 Å². The maximum Gasteiger partial charge on any atom is 0.0565 e. The molecule has 0 atom stereocenters. The van der Waals surface area contributed by atoms with Crippen molar-refractivity contribution < 1.29 is 0 Å². The second kappa shape index (κ2) is 4.94. The molecular formula is C15H19N3. The van der Waals surface area contributed by atoms with Gasteiger partial charge in [-0.15, -0.1) is 0 Å². The molecule has 18 heavy (non-hydrogen) atoms. The largest absolute Gasteiger partial charge is 0.299 e. The van der Waals surface area contributed by atoms with Gasteiger partial charge in [-0.05, 0) is 50.0 Å². The van der Waals surface area contributed by atoms with Crippen LogP contribution in [0.15, 0.2) is 30.6 Å². The van der Waals surface area contributed by atoms with Crippen molar-refractivity contribution in [2.75, 3.05) is 13.1 Å². The van der Waals surface area contributed by atoms with Crippen molar-refractivity contribution in [3.63, 3.8) is 0 Å². The van der Waals surface area contributed by atoms with E-state index in [2.05, 4.69) is 40.2 Å². The summed E-state index contributed by atoms with van der Waals surface area (Å²) in [6.07, 6.45) is 6.53. The summed E-state index contributed by atoms with van der Waals surface area (Å²) in [6, 6.07) is 6.80. The van der Waals surface area contributed by atoms with Gasteiger partial charge in [0.15, 0.2) is 0 Å². The first-order valence-corrected chi connectivity index (χ1v) is 6.63. The Kier molecular flexibility index (Phi) is 3.15. The highest BCUT2D eigenvalue weighted by Gasteiger charge is 2.12. The van der Waals surface area contributed by atoms with Gasteiger partial charge in [0.1, 0.15) is 0 Å². The van der Waals surface area contributed by atoms with Gasteiger partial charge in [0.25, 0.3) is 0 Å². The van der Waals surface area contributed by atoms with E-state index in [9.17, 15) is 0 Å². The van der Waals surface area contributed by atoms with E-state index in [-0.39, 0.29) is 0 Å². The highest BCUT2D eigenvalue weighted by molar-refractivity contribution is 5.63. The molecule has 3 rings (SSSR count). The Hall–Kier alpha value is -1.61. The van der Waals surface area contributed by atoms with Crippen LogP contribution in [0.5, 0.6) is 0 Å². The van der Waals surface area contributed by atoms with Gasteiger partial charge in [-0.1, -0.05) is 17.7 Å². The number of hydrogen-bond acceptors (Lipinski definition) is 2. The van der Waals surface area contributed by atoms with Crippen molar-refractivity contribution in [2.45, 2.75) is 26.3 Å². The molecule has 0 saturated carbocycles. The molecule has 1 fully saturated rings. The molecule has 0 bridgehead atoms. The summed E-state index contributed by atoms with van der Waals surface area (Å²) >= 11 is 0. The maximum absolute atomic E-state index is 4.03. The number of likely N-dealkylation sites (tertiary alicyclic amines) is 1. The molecule has 1 saturated heterocycles. The van der Waals surface area contributed by atoms with Gasteiger partial charge in [-0.2, -0.15) is 5.10 Å². The molecule has 94 valence electrons. The van der Waals surface area contributed by atoms with Crippen LogP contribution in [0, 0.1) is 6.92 Å². The normalized spacial score (nSPS) is 16.3. The predicted molar refractivity (Wildman–Crippen MR) is 73.3 cm³/mol. The third-order valence-corrected chi connectivity index (χ3v) is 3.57. The van der Waals surface area contributed by atoms with E-state index in [0.717, 1.165) is 6.54 Å². The first kappa shape index (κ1) is 11.5. The number of nitrogens with one attached hydrogen (secondary N) is 1.